The molecule has 0 radical (unpaired) electrons. The van der Waals surface area contributed by atoms with E-state index >= 15 is 0 Å². The van der Waals surface area contributed by atoms with Crippen LogP contribution in [0, 0.1) is 5.92 Å². The van der Waals surface area contributed by atoms with Gasteiger partial charge in [-0.15, -0.1) is 0 Å². The number of ether oxygens (including phenoxy) is 1. The van der Waals surface area contributed by atoms with Crippen LogP contribution in [0.2, 0.25) is 10.0 Å². The normalized spacial score (nSPS) is 12.1. The van der Waals surface area contributed by atoms with Crippen molar-refractivity contribution in [3.05, 3.63) is 94.0 Å². The van der Waals surface area contributed by atoms with Gasteiger partial charge in [-0.2, -0.15) is 0 Å². The second-order valence-electron chi connectivity index (χ2n) is 10.3. The summed E-state index contributed by atoms with van der Waals surface area (Å²) in [6, 6.07) is 19.7. The number of halogens is 2. The van der Waals surface area contributed by atoms with Gasteiger partial charge in [0, 0.05) is 29.6 Å². The molecule has 1 N–H and O–H groups in total. The first-order valence-corrected chi connectivity index (χ1v) is 16.2. The lowest BCUT2D eigenvalue weighted by Crippen LogP contribution is -2.53. The van der Waals surface area contributed by atoms with Crippen molar-refractivity contribution in [3.63, 3.8) is 0 Å². The minimum atomic E-state index is -3.88. The highest BCUT2D eigenvalue weighted by atomic mass is 35.5. The van der Waals surface area contributed by atoms with Gasteiger partial charge in [0.05, 0.1) is 18.6 Å². The smallest absolute Gasteiger partial charge is 0.244 e. The highest BCUT2D eigenvalue weighted by Crippen LogP contribution is 2.26. The van der Waals surface area contributed by atoms with Crippen LogP contribution in [0.4, 0.5) is 5.69 Å². The zero-order chi connectivity index (χ0) is 30.9. The van der Waals surface area contributed by atoms with Gasteiger partial charge < -0.3 is 15.0 Å². The number of hydrogen-bond donors (Lipinski definition) is 1. The number of anilines is 1. The average Bonchev–Trinajstić information content (AvgIpc) is 2.94. The quantitative estimate of drug-likeness (QED) is 0.250. The number of nitrogens with zero attached hydrogens (tertiary/aromatic N) is 2. The lowest BCUT2D eigenvalue weighted by molar-refractivity contribution is -0.140. The minimum Gasteiger partial charge on any atom is -0.494 e. The fraction of sp³-hybridized carbons (Fsp3) is 0.355. The van der Waals surface area contributed by atoms with Gasteiger partial charge in [0.25, 0.3) is 0 Å². The number of hydrogen-bond acceptors (Lipinski definition) is 5. The highest BCUT2D eigenvalue weighted by Gasteiger charge is 2.33. The zero-order valence-electron chi connectivity index (χ0n) is 24.2. The van der Waals surface area contributed by atoms with Crippen LogP contribution in [0.25, 0.3) is 0 Å². The van der Waals surface area contributed by atoms with Crippen LogP contribution >= 0.6 is 23.2 Å². The summed E-state index contributed by atoms with van der Waals surface area (Å²) in [5.74, 6) is -0.162. The Morgan fingerprint density at radius 1 is 0.976 bits per heavy atom. The van der Waals surface area contributed by atoms with Crippen molar-refractivity contribution in [2.75, 3.05) is 30.3 Å². The summed E-state index contributed by atoms with van der Waals surface area (Å²) in [5, 5.41) is 3.70. The number of nitrogens with one attached hydrogen (secondary N) is 1. The molecule has 3 aromatic carbocycles. The van der Waals surface area contributed by atoms with Crippen LogP contribution in [0.15, 0.2) is 72.8 Å². The predicted molar refractivity (Wildman–Crippen MR) is 169 cm³/mol. The highest BCUT2D eigenvalue weighted by molar-refractivity contribution is 7.92. The van der Waals surface area contributed by atoms with Crippen molar-refractivity contribution in [2.45, 2.75) is 39.8 Å². The molecular weight excluding hydrogens is 597 g/mol. The predicted octanol–water partition coefficient (Wildman–Crippen LogP) is 5.57. The van der Waals surface area contributed by atoms with Gasteiger partial charge in [-0.3, -0.25) is 13.9 Å². The molecule has 1 atom stereocenters. The van der Waals surface area contributed by atoms with Crippen LogP contribution < -0.4 is 14.4 Å². The van der Waals surface area contributed by atoms with Gasteiger partial charge in [0.1, 0.15) is 18.3 Å². The molecule has 0 aliphatic carbocycles. The van der Waals surface area contributed by atoms with E-state index in [1.807, 2.05) is 51.1 Å². The lowest BCUT2D eigenvalue weighted by atomic mass is 10.0. The standard InChI is InChI=1S/C31H37Cl2N3O5S/c1-5-41-27-15-13-26(14-16-27)36(42(4,39)40)21-30(37)35(20-24-11-12-25(32)18-28(24)33)29(31(38)34-19-22(2)3)17-23-9-7-6-8-10-23/h6-16,18,22,29H,5,17,19-21H2,1-4H3,(H,34,38)/t29-/m0/s1. The number of carbonyl (C=O) groups excluding carboxylic acids is 2. The Morgan fingerprint density at radius 3 is 2.21 bits per heavy atom. The molecule has 0 spiro atoms. The first-order valence-electron chi connectivity index (χ1n) is 13.6. The summed E-state index contributed by atoms with van der Waals surface area (Å²) in [6.07, 6.45) is 1.25. The summed E-state index contributed by atoms with van der Waals surface area (Å²) < 4.78 is 32.4. The van der Waals surface area contributed by atoms with Crippen molar-refractivity contribution >= 4 is 50.7 Å². The summed E-state index contributed by atoms with van der Waals surface area (Å²) >= 11 is 12.6. The first kappa shape index (κ1) is 33.2. The molecule has 3 aromatic rings. The molecule has 11 heteroatoms. The summed E-state index contributed by atoms with van der Waals surface area (Å²) in [5.41, 5.74) is 1.70. The number of sulfonamides is 1. The fourth-order valence-electron chi connectivity index (χ4n) is 4.30. The summed E-state index contributed by atoms with van der Waals surface area (Å²) in [6.45, 7) is 6.10. The molecule has 0 aromatic heterocycles. The molecule has 0 saturated heterocycles. The molecule has 8 nitrogen and oxygen atoms in total. The van der Waals surface area contributed by atoms with Crippen molar-refractivity contribution in [1.82, 2.24) is 10.2 Å². The SMILES string of the molecule is CCOc1ccc(N(CC(=O)N(Cc2ccc(Cl)cc2Cl)[C@@H](Cc2ccccc2)C(=O)NCC(C)C)S(C)(=O)=O)cc1. The van der Waals surface area contributed by atoms with E-state index in [2.05, 4.69) is 5.32 Å². The Kier molecular flexibility index (Phi) is 12.1. The van der Waals surface area contributed by atoms with Crippen LogP contribution in [-0.4, -0.2) is 57.1 Å². The van der Waals surface area contributed by atoms with Gasteiger partial charge in [-0.05, 0) is 60.4 Å². The molecule has 0 heterocycles. The lowest BCUT2D eigenvalue weighted by Gasteiger charge is -2.34. The number of amides is 2. The molecule has 3 rings (SSSR count). The van der Waals surface area contributed by atoms with E-state index in [0.29, 0.717) is 40.2 Å². The Balaban J connectivity index is 2.05. The van der Waals surface area contributed by atoms with Gasteiger partial charge in [-0.1, -0.05) is 73.4 Å². The third kappa shape index (κ3) is 9.64. The number of rotatable bonds is 14. The van der Waals surface area contributed by atoms with Crippen molar-refractivity contribution in [1.29, 1.82) is 0 Å². The molecule has 0 unspecified atom stereocenters. The third-order valence-corrected chi connectivity index (χ3v) is 8.15. The molecule has 0 aliphatic rings. The maximum Gasteiger partial charge on any atom is 0.244 e. The molecule has 0 bridgehead atoms. The fourth-order valence-corrected chi connectivity index (χ4v) is 5.62. The second kappa shape index (κ2) is 15.3. The summed E-state index contributed by atoms with van der Waals surface area (Å²) in [4.78, 5) is 29.2. The van der Waals surface area contributed by atoms with E-state index in [1.165, 1.54) is 4.90 Å². The van der Waals surface area contributed by atoms with E-state index in [0.717, 1.165) is 16.1 Å². The van der Waals surface area contributed by atoms with Gasteiger partial charge in [0.15, 0.2) is 0 Å². The molecule has 0 fully saturated rings. The first-order chi connectivity index (χ1) is 19.9. The van der Waals surface area contributed by atoms with Gasteiger partial charge >= 0.3 is 0 Å². The maximum atomic E-state index is 14.1. The third-order valence-electron chi connectivity index (χ3n) is 6.43. The Hall–Kier alpha value is -3.27. The topological polar surface area (TPSA) is 96.0 Å². The van der Waals surface area contributed by atoms with E-state index in [9.17, 15) is 18.0 Å². The molecule has 0 saturated carbocycles. The molecule has 42 heavy (non-hydrogen) atoms. The number of benzene rings is 3. The Morgan fingerprint density at radius 2 is 1.64 bits per heavy atom. The second-order valence-corrected chi connectivity index (χ2v) is 13.0. The van der Waals surface area contributed by atoms with Gasteiger partial charge in [0.2, 0.25) is 21.8 Å². The Bertz CT molecular complexity index is 1450. The van der Waals surface area contributed by atoms with E-state index in [-0.39, 0.29) is 24.8 Å². The maximum absolute atomic E-state index is 14.1. The van der Waals surface area contributed by atoms with E-state index in [1.54, 1.807) is 42.5 Å². The minimum absolute atomic E-state index is 0.0394. The van der Waals surface area contributed by atoms with Crippen LogP contribution in [-0.2, 0) is 32.6 Å². The monoisotopic (exact) mass is 633 g/mol. The van der Waals surface area contributed by atoms with Gasteiger partial charge in [-0.25, -0.2) is 8.42 Å². The van der Waals surface area contributed by atoms with Crippen molar-refractivity contribution in [3.8, 4) is 5.75 Å². The molecule has 226 valence electrons. The zero-order valence-corrected chi connectivity index (χ0v) is 26.5. The number of carbonyl (C=O) groups is 2. The van der Waals surface area contributed by atoms with Crippen molar-refractivity contribution < 1.29 is 22.7 Å². The van der Waals surface area contributed by atoms with Crippen LogP contribution in [0.3, 0.4) is 0 Å². The Labute approximate surface area is 258 Å². The molecule has 2 amide bonds. The van der Waals surface area contributed by atoms with E-state index in [4.69, 9.17) is 27.9 Å². The molecule has 0 aliphatic heterocycles. The molecular formula is C31H37Cl2N3O5S. The van der Waals surface area contributed by atoms with E-state index < -0.39 is 28.5 Å². The van der Waals surface area contributed by atoms with Crippen molar-refractivity contribution in [2.24, 2.45) is 5.92 Å². The van der Waals surface area contributed by atoms with Crippen LogP contribution in [0.5, 0.6) is 5.75 Å². The largest absolute Gasteiger partial charge is 0.494 e. The average molecular weight is 635 g/mol. The summed E-state index contributed by atoms with van der Waals surface area (Å²) in [7, 11) is -3.88. The van der Waals surface area contributed by atoms with Crippen LogP contribution in [0.1, 0.15) is 31.9 Å².